The molecule has 0 unspecified atom stereocenters. The van der Waals surface area contributed by atoms with E-state index in [1.54, 1.807) is 11.9 Å². The van der Waals surface area contributed by atoms with Crippen molar-refractivity contribution in [3.05, 3.63) is 12.1 Å². The van der Waals surface area contributed by atoms with Crippen molar-refractivity contribution in [3.8, 4) is 0 Å². The van der Waals surface area contributed by atoms with E-state index in [-0.39, 0.29) is 57.9 Å². The van der Waals surface area contributed by atoms with Crippen LogP contribution in [0.2, 0.25) is 0 Å². The molecule has 0 aliphatic rings. The van der Waals surface area contributed by atoms with Crippen LogP contribution in [0.5, 0.6) is 0 Å². The van der Waals surface area contributed by atoms with E-state index in [4.69, 9.17) is 4.74 Å². The average molecular weight is 249 g/mol. The van der Waals surface area contributed by atoms with Crippen LogP contribution in [0.3, 0.4) is 0 Å². The van der Waals surface area contributed by atoms with Gasteiger partial charge < -0.3 is 22.6 Å². The molecule has 0 spiro atoms. The fourth-order valence-corrected chi connectivity index (χ4v) is 0.894. The molecule has 0 saturated heterocycles. The first-order valence-electron chi connectivity index (χ1n) is 4.51. The summed E-state index contributed by atoms with van der Waals surface area (Å²) in [6, 6.07) is 0. The Balaban J connectivity index is 0. The second-order valence-electron chi connectivity index (χ2n) is 3.17. The monoisotopic (exact) mass is 249 g/mol. The van der Waals surface area contributed by atoms with Gasteiger partial charge in [0.1, 0.15) is 0 Å². The van der Waals surface area contributed by atoms with Crippen molar-refractivity contribution in [2.45, 2.75) is 6.92 Å². The van der Waals surface area contributed by atoms with Gasteiger partial charge in [-0.15, -0.1) is 12.1 Å². The zero-order chi connectivity index (χ0) is 11.2. The molecule has 0 aliphatic carbocycles. The summed E-state index contributed by atoms with van der Waals surface area (Å²) < 4.78 is 41.3. The van der Waals surface area contributed by atoms with E-state index >= 15 is 0 Å². The van der Waals surface area contributed by atoms with Gasteiger partial charge in [0.2, 0.25) is 0 Å². The van der Waals surface area contributed by atoms with E-state index in [2.05, 4.69) is 6.58 Å². The van der Waals surface area contributed by atoms with Crippen molar-refractivity contribution in [2.24, 2.45) is 0 Å². The Morgan fingerprint density at radius 3 is 2.33 bits per heavy atom. The van der Waals surface area contributed by atoms with Crippen LogP contribution in [0.15, 0.2) is 12.1 Å². The van der Waals surface area contributed by atoms with E-state index in [9.17, 15) is 12.9 Å². The van der Waals surface area contributed by atoms with E-state index in [0.29, 0.717) is 19.8 Å². The third kappa shape index (κ3) is 10.0. The summed E-state index contributed by atoms with van der Waals surface area (Å²) in [5.41, 5.74) is -0.663. The molecular formula is C8H16BF3KNO. The molecule has 0 N–H and O–H groups in total. The molecule has 7 heteroatoms. The van der Waals surface area contributed by atoms with Gasteiger partial charge in [0.05, 0.1) is 6.61 Å². The van der Waals surface area contributed by atoms with Gasteiger partial charge in [-0.3, -0.25) is 0 Å². The Morgan fingerprint density at radius 1 is 1.40 bits per heavy atom. The summed E-state index contributed by atoms with van der Waals surface area (Å²) in [5.74, 6) is 0. The number of likely N-dealkylation sites (N-methyl/N-ethyl adjacent to an activating group) is 1. The van der Waals surface area contributed by atoms with Crippen LogP contribution in [0.4, 0.5) is 12.9 Å². The maximum absolute atomic E-state index is 12.1. The third-order valence-electron chi connectivity index (χ3n) is 1.76. The van der Waals surface area contributed by atoms with Gasteiger partial charge in [0, 0.05) is 13.2 Å². The zero-order valence-corrected chi connectivity index (χ0v) is 12.7. The first kappa shape index (κ1) is 18.5. The predicted octanol–water partition coefficient (Wildman–Crippen LogP) is -1.10. The van der Waals surface area contributed by atoms with Gasteiger partial charge in [-0.25, -0.2) is 0 Å². The molecule has 2 nitrogen and oxygen atoms in total. The predicted molar refractivity (Wildman–Crippen MR) is 52.2 cm³/mol. The van der Waals surface area contributed by atoms with Crippen molar-refractivity contribution < 1.29 is 69.1 Å². The molecule has 0 aromatic heterocycles. The minimum atomic E-state index is -4.90. The largest absolute Gasteiger partial charge is 1.00 e. The summed E-state index contributed by atoms with van der Waals surface area (Å²) in [4.78, 5) is 1.55. The minimum Gasteiger partial charge on any atom is -0.445 e. The maximum atomic E-state index is 12.1. The van der Waals surface area contributed by atoms with Crippen molar-refractivity contribution in [1.82, 2.24) is 4.90 Å². The molecule has 0 aromatic rings. The van der Waals surface area contributed by atoms with E-state index in [1.807, 2.05) is 6.92 Å². The number of rotatable bonds is 7. The van der Waals surface area contributed by atoms with Crippen LogP contribution in [-0.2, 0) is 4.74 Å². The second kappa shape index (κ2) is 9.21. The van der Waals surface area contributed by atoms with Crippen LogP contribution in [0.25, 0.3) is 0 Å². The number of halogens is 3. The fraction of sp³-hybridized carbons (Fsp3) is 0.750. The fourth-order valence-electron chi connectivity index (χ4n) is 0.894. The molecule has 0 atom stereocenters. The SMILES string of the molecule is C=C(CN(C)CCOCC)[B-](F)(F)F.[K+]. The van der Waals surface area contributed by atoms with Gasteiger partial charge in [-0.2, -0.15) is 0 Å². The van der Waals surface area contributed by atoms with Crippen LogP contribution in [0, 0.1) is 0 Å². The molecule has 0 aliphatic heterocycles. The van der Waals surface area contributed by atoms with Gasteiger partial charge in [0.15, 0.2) is 0 Å². The summed E-state index contributed by atoms with van der Waals surface area (Å²) in [7, 11) is 1.62. The van der Waals surface area contributed by atoms with Gasteiger partial charge in [-0.1, -0.05) is 0 Å². The molecule has 0 saturated carbocycles. The molecule has 0 aromatic carbocycles. The van der Waals surface area contributed by atoms with Crippen LogP contribution in [0.1, 0.15) is 6.92 Å². The summed E-state index contributed by atoms with van der Waals surface area (Å²) in [6.45, 7) is 1.33. The quantitative estimate of drug-likeness (QED) is 0.419. The van der Waals surface area contributed by atoms with Crippen molar-refractivity contribution in [3.63, 3.8) is 0 Å². The summed E-state index contributed by atoms with van der Waals surface area (Å²) >= 11 is 0. The van der Waals surface area contributed by atoms with Gasteiger partial charge in [-0.05, 0) is 20.5 Å². The Morgan fingerprint density at radius 2 is 1.93 bits per heavy atom. The van der Waals surface area contributed by atoms with Crippen LogP contribution in [-0.4, -0.2) is 45.2 Å². The first-order valence-corrected chi connectivity index (χ1v) is 4.51. The van der Waals surface area contributed by atoms with Crippen molar-refractivity contribution in [2.75, 3.05) is 33.4 Å². The number of ether oxygens (including phenoxy) is 1. The van der Waals surface area contributed by atoms with Gasteiger partial charge in [0.25, 0.3) is 0 Å². The number of hydrogen-bond donors (Lipinski definition) is 0. The van der Waals surface area contributed by atoms with Crippen LogP contribution < -0.4 is 51.4 Å². The van der Waals surface area contributed by atoms with Crippen molar-refractivity contribution >= 4 is 6.98 Å². The standard InChI is InChI=1S/C8H16BF3NO.K/c1-4-14-6-5-13(3)7-8(2)9(10,11)12;/h2,4-7H2,1,3H3;/q-1;+1. The molecule has 84 valence electrons. The van der Waals surface area contributed by atoms with E-state index < -0.39 is 12.4 Å². The molecule has 0 bridgehead atoms. The Kier molecular flexibility index (Phi) is 11.4. The summed E-state index contributed by atoms with van der Waals surface area (Å²) in [5, 5.41) is 0. The molecule has 0 fully saturated rings. The number of nitrogens with zero attached hydrogens (tertiary/aromatic N) is 1. The van der Waals surface area contributed by atoms with E-state index in [0.717, 1.165) is 0 Å². The Labute approximate surface area is 132 Å². The maximum Gasteiger partial charge on any atom is 1.00 e. The van der Waals surface area contributed by atoms with Gasteiger partial charge >= 0.3 is 58.4 Å². The molecule has 0 heterocycles. The zero-order valence-electron chi connectivity index (χ0n) is 9.60. The number of hydrogen-bond acceptors (Lipinski definition) is 2. The minimum absolute atomic E-state index is 0. The molecule has 0 rings (SSSR count). The van der Waals surface area contributed by atoms with E-state index in [1.165, 1.54) is 0 Å². The summed E-state index contributed by atoms with van der Waals surface area (Å²) in [6.07, 6.45) is 0. The molecule has 15 heavy (non-hydrogen) atoms. The molecular weight excluding hydrogens is 233 g/mol. The normalized spacial score (nSPS) is 11.3. The molecule has 0 amide bonds. The van der Waals surface area contributed by atoms with Crippen LogP contribution >= 0.6 is 0 Å². The third-order valence-corrected chi connectivity index (χ3v) is 1.76. The topological polar surface area (TPSA) is 12.5 Å². The Bertz CT molecular complexity index is 189. The smallest absolute Gasteiger partial charge is 0.445 e. The second-order valence-corrected chi connectivity index (χ2v) is 3.17. The average Bonchev–Trinajstić information content (AvgIpc) is 2.03. The van der Waals surface area contributed by atoms with Crippen molar-refractivity contribution in [1.29, 1.82) is 0 Å². The molecule has 0 radical (unpaired) electrons. The Hall–Kier alpha value is 1.15. The first-order chi connectivity index (χ1) is 6.38.